The molecule has 2 heteroatoms. The van der Waals surface area contributed by atoms with Gasteiger partial charge in [0.1, 0.15) is 5.75 Å². The van der Waals surface area contributed by atoms with Crippen molar-refractivity contribution in [3.63, 3.8) is 0 Å². The zero-order valence-corrected chi connectivity index (χ0v) is 9.68. The van der Waals surface area contributed by atoms with E-state index >= 15 is 0 Å². The molecule has 84 valence electrons. The van der Waals surface area contributed by atoms with E-state index in [0.29, 0.717) is 6.42 Å². The van der Waals surface area contributed by atoms with Crippen molar-refractivity contribution in [2.45, 2.75) is 6.42 Å². The topological polar surface area (TPSA) is 33.0 Å². The number of hydrogen-bond acceptors (Lipinski definition) is 2. The SMILES string of the molecule is COc1cccc(-c2ccccc2CC#N)c1. The van der Waals surface area contributed by atoms with Gasteiger partial charge in [-0.25, -0.2) is 0 Å². The van der Waals surface area contributed by atoms with Crippen LogP contribution in [0.1, 0.15) is 5.56 Å². The van der Waals surface area contributed by atoms with E-state index in [1.54, 1.807) is 7.11 Å². The summed E-state index contributed by atoms with van der Waals surface area (Å²) < 4.78 is 5.21. The molecule has 17 heavy (non-hydrogen) atoms. The van der Waals surface area contributed by atoms with E-state index in [1.165, 1.54) is 0 Å². The van der Waals surface area contributed by atoms with Crippen LogP contribution < -0.4 is 4.74 Å². The van der Waals surface area contributed by atoms with E-state index in [0.717, 1.165) is 22.4 Å². The Hall–Kier alpha value is -2.27. The van der Waals surface area contributed by atoms with Gasteiger partial charge in [-0.05, 0) is 28.8 Å². The highest BCUT2D eigenvalue weighted by Gasteiger charge is 2.04. The molecule has 2 nitrogen and oxygen atoms in total. The molecule has 0 heterocycles. The Kier molecular flexibility index (Phi) is 3.42. The first-order valence-electron chi connectivity index (χ1n) is 5.44. The molecule has 2 rings (SSSR count). The first kappa shape index (κ1) is 11.2. The number of hydrogen-bond donors (Lipinski definition) is 0. The van der Waals surface area contributed by atoms with Crippen LogP contribution >= 0.6 is 0 Å². The second-order valence-electron chi connectivity index (χ2n) is 3.72. The fourth-order valence-corrected chi connectivity index (χ4v) is 1.83. The lowest BCUT2D eigenvalue weighted by atomic mass is 9.98. The molecule has 0 fully saturated rings. The van der Waals surface area contributed by atoms with E-state index in [1.807, 2.05) is 48.5 Å². The van der Waals surface area contributed by atoms with Gasteiger partial charge in [-0.15, -0.1) is 0 Å². The highest BCUT2D eigenvalue weighted by atomic mass is 16.5. The van der Waals surface area contributed by atoms with E-state index < -0.39 is 0 Å². The molecule has 2 aromatic rings. The first-order valence-corrected chi connectivity index (χ1v) is 5.44. The van der Waals surface area contributed by atoms with Gasteiger partial charge in [0.2, 0.25) is 0 Å². The Morgan fingerprint density at radius 1 is 1.12 bits per heavy atom. The van der Waals surface area contributed by atoms with Gasteiger partial charge in [0.15, 0.2) is 0 Å². The minimum absolute atomic E-state index is 0.424. The molecular weight excluding hydrogens is 210 g/mol. The van der Waals surface area contributed by atoms with Crippen molar-refractivity contribution in [3.05, 3.63) is 54.1 Å². The molecule has 2 aromatic carbocycles. The predicted molar refractivity (Wildman–Crippen MR) is 67.7 cm³/mol. The maximum absolute atomic E-state index is 8.82. The summed E-state index contributed by atoms with van der Waals surface area (Å²) in [5.41, 5.74) is 3.21. The van der Waals surface area contributed by atoms with Gasteiger partial charge in [-0.2, -0.15) is 5.26 Å². The lowest BCUT2D eigenvalue weighted by Crippen LogP contribution is -1.89. The Labute approximate surface area is 101 Å². The van der Waals surface area contributed by atoms with Gasteiger partial charge in [0.25, 0.3) is 0 Å². The van der Waals surface area contributed by atoms with Crippen molar-refractivity contribution in [1.29, 1.82) is 5.26 Å². The number of rotatable bonds is 3. The average Bonchev–Trinajstić information content (AvgIpc) is 2.40. The zero-order chi connectivity index (χ0) is 12.1. The minimum Gasteiger partial charge on any atom is -0.497 e. The van der Waals surface area contributed by atoms with Crippen LogP contribution in [-0.2, 0) is 6.42 Å². The lowest BCUT2D eigenvalue weighted by Gasteiger charge is -2.08. The molecular formula is C15H13NO. The lowest BCUT2D eigenvalue weighted by molar-refractivity contribution is 0.415. The molecule has 0 aromatic heterocycles. The van der Waals surface area contributed by atoms with Crippen molar-refractivity contribution in [3.8, 4) is 22.9 Å². The van der Waals surface area contributed by atoms with E-state index in [9.17, 15) is 0 Å². The third kappa shape index (κ3) is 2.46. The molecule has 0 radical (unpaired) electrons. The van der Waals surface area contributed by atoms with Crippen LogP contribution in [0.5, 0.6) is 5.75 Å². The molecule has 0 saturated carbocycles. The van der Waals surface area contributed by atoms with Crippen LogP contribution in [0.4, 0.5) is 0 Å². The Bertz CT molecular complexity index is 555. The number of nitrogens with zero attached hydrogens (tertiary/aromatic N) is 1. The van der Waals surface area contributed by atoms with Crippen LogP contribution in [0.3, 0.4) is 0 Å². The molecule has 0 aliphatic carbocycles. The first-order chi connectivity index (χ1) is 8.35. The maximum atomic E-state index is 8.82. The fraction of sp³-hybridized carbons (Fsp3) is 0.133. The second kappa shape index (κ2) is 5.18. The fourth-order valence-electron chi connectivity index (χ4n) is 1.83. The summed E-state index contributed by atoms with van der Waals surface area (Å²) in [7, 11) is 1.65. The van der Waals surface area contributed by atoms with Gasteiger partial charge in [-0.1, -0.05) is 36.4 Å². The Balaban J connectivity index is 2.48. The number of benzene rings is 2. The second-order valence-corrected chi connectivity index (χ2v) is 3.72. The quantitative estimate of drug-likeness (QED) is 0.798. The van der Waals surface area contributed by atoms with E-state index in [-0.39, 0.29) is 0 Å². The average molecular weight is 223 g/mol. The van der Waals surface area contributed by atoms with Gasteiger partial charge < -0.3 is 4.74 Å². The summed E-state index contributed by atoms with van der Waals surface area (Å²) in [6.07, 6.45) is 0.424. The standard InChI is InChI=1S/C15H13NO/c1-17-14-7-4-6-13(11-14)15-8-3-2-5-12(15)9-10-16/h2-8,11H,9H2,1H3. The van der Waals surface area contributed by atoms with Gasteiger partial charge in [0.05, 0.1) is 19.6 Å². The number of nitriles is 1. The summed E-state index contributed by atoms with van der Waals surface area (Å²) in [5, 5.41) is 8.82. The predicted octanol–water partition coefficient (Wildman–Crippen LogP) is 3.43. The Morgan fingerprint density at radius 2 is 1.94 bits per heavy atom. The van der Waals surface area contributed by atoms with Crippen LogP contribution in [0.15, 0.2) is 48.5 Å². The summed E-state index contributed by atoms with van der Waals surface area (Å²) in [5.74, 6) is 0.828. The summed E-state index contributed by atoms with van der Waals surface area (Å²) in [6, 6.07) is 18.0. The summed E-state index contributed by atoms with van der Waals surface area (Å²) in [6.45, 7) is 0. The smallest absolute Gasteiger partial charge is 0.119 e. The van der Waals surface area contributed by atoms with Crippen molar-refractivity contribution in [2.75, 3.05) is 7.11 Å². The zero-order valence-electron chi connectivity index (χ0n) is 9.68. The van der Waals surface area contributed by atoms with Crippen molar-refractivity contribution >= 4 is 0 Å². The highest BCUT2D eigenvalue weighted by Crippen LogP contribution is 2.27. The van der Waals surface area contributed by atoms with E-state index in [2.05, 4.69) is 6.07 Å². The number of ether oxygens (including phenoxy) is 1. The maximum Gasteiger partial charge on any atom is 0.119 e. The molecule has 0 aliphatic heterocycles. The van der Waals surface area contributed by atoms with Gasteiger partial charge >= 0.3 is 0 Å². The highest BCUT2D eigenvalue weighted by molar-refractivity contribution is 5.69. The molecule has 0 aliphatic rings. The van der Waals surface area contributed by atoms with Gasteiger partial charge in [-0.3, -0.25) is 0 Å². The van der Waals surface area contributed by atoms with Gasteiger partial charge in [0, 0.05) is 0 Å². The summed E-state index contributed by atoms with van der Waals surface area (Å²) >= 11 is 0. The normalized spacial score (nSPS) is 9.65. The van der Waals surface area contributed by atoms with Crippen LogP contribution in [0.2, 0.25) is 0 Å². The van der Waals surface area contributed by atoms with Crippen molar-refractivity contribution < 1.29 is 4.74 Å². The molecule has 0 unspecified atom stereocenters. The van der Waals surface area contributed by atoms with Crippen molar-refractivity contribution in [2.24, 2.45) is 0 Å². The van der Waals surface area contributed by atoms with Crippen LogP contribution in [0, 0.1) is 11.3 Å². The van der Waals surface area contributed by atoms with E-state index in [4.69, 9.17) is 10.00 Å². The molecule has 0 bridgehead atoms. The Morgan fingerprint density at radius 3 is 2.71 bits per heavy atom. The van der Waals surface area contributed by atoms with Crippen LogP contribution in [-0.4, -0.2) is 7.11 Å². The third-order valence-electron chi connectivity index (χ3n) is 2.67. The molecule has 0 spiro atoms. The minimum atomic E-state index is 0.424. The molecule has 0 saturated heterocycles. The molecule has 0 atom stereocenters. The largest absolute Gasteiger partial charge is 0.497 e. The van der Waals surface area contributed by atoms with Crippen LogP contribution in [0.25, 0.3) is 11.1 Å². The van der Waals surface area contributed by atoms with Crippen molar-refractivity contribution in [1.82, 2.24) is 0 Å². The third-order valence-corrected chi connectivity index (χ3v) is 2.67. The number of methoxy groups -OCH3 is 1. The molecule has 0 N–H and O–H groups in total. The summed E-state index contributed by atoms with van der Waals surface area (Å²) in [4.78, 5) is 0. The monoisotopic (exact) mass is 223 g/mol. The molecule has 0 amide bonds.